The number of benzene rings is 1. The quantitative estimate of drug-likeness (QED) is 0.910. The summed E-state index contributed by atoms with van der Waals surface area (Å²) in [5, 5.41) is 3.45. The van der Waals surface area contributed by atoms with Crippen molar-refractivity contribution in [3.05, 3.63) is 35.9 Å². The molecule has 2 rings (SSSR count). The maximum Gasteiger partial charge on any atom is 0.410 e. The highest BCUT2D eigenvalue weighted by molar-refractivity contribution is 5.69. The van der Waals surface area contributed by atoms with Crippen molar-refractivity contribution in [3.8, 4) is 0 Å². The summed E-state index contributed by atoms with van der Waals surface area (Å²) in [5.74, 6) is 0. The molecule has 1 aromatic carbocycles. The Morgan fingerprint density at radius 2 is 2.00 bits per heavy atom. The number of rotatable bonds is 2. The van der Waals surface area contributed by atoms with Gasteiger partial charge in [-0.25, -0.2) is 4.79 Å². The minimum atomic E-state index is -0.456. The molecule has 1 N–H and O–H groups in total. The lowest BCUT2D eigenvalue weighted by molar-refractivity contribution is 0.00831. The Bertz CT molecular complexity index is 467. The highest BCUT2D eigenvalue weighted by atomic mass is 16.6. The van der Waals surface area contributed by atoms with Crippen LogP contribution < -0.4 is 5.32 Å². The summed E-state index contributed by atoms with van der Waals surface area (Å²) in [5.41, 5.74) is 0.787. The molecule has 0 saturated carbocycles. The van der Waals surface area contributed by atoms with Gasteiger partial charge in [0, 0.05) is 19.1 Å². The fourth-order valence-electron chi connectivity index (χ4n) is 2.57. The van der Waals surface area contributed by atoms with Crippen LogP contribution in [0.2, 0.25) is 0 Å². The van der Waals surface area contributed by atoms with E-state index >= 15 is 0 Å². The van der Waals surface area contributed by atoms with Crippen molar-refractivity contribution in [2.45, 2.75) is 51.8 Å². The standard InChI is InChI=1S/C17H26N2O2/c1-13-12-19(16(20)21-17(2,3)4)15(11-18-13)10-14-8-6-5-7-9-14/h5-9,13,15,18H,10-12H2,1-4H3. The molecule has 0 bridgehead atoms. The minimum absolute atomic E-state index is 0.137. The monoisotopic (exact) mass is 290 g/mol. The number of carbonyl (C=O) groups excluding carboxylic acids is 1. The van der Waals surface area contributed by atoms with Crippen molar-refractivity contribution in [2.75, 3.05) is 13.1 Å². The fourth-order valence-corrected chi connectivity index (χ4v) is 2.57. The van der Waals surface area contributed by atoms with Gasteiger partial charge in [0.05, 0.1) is 6.04 Å². The molecule has 1 heterocycles. The molecule has 4 nitrogen and oxygen atoms in total. The smallest absolute Gasteiger partial charge is 0.410 e. The molecule has 4 heteroatoms. The summed E-state index contributed by atoms with van der Waals surface area (Å²) >= 11 is 0. The molecule has 1 aliphatic heterocycles. The van der Waals surface area contributed by atoms with Crippen LogP contribution in [0.5, 0.6) is 0 Å². The highest BCUT2D eigenvalue weighted by Gasteiger charge is 2.32. The first-order chi connectivity index (χ1) is 9.85. The summed E-state index contributed by atoms with van der Waals surface area (Å²) in [6, 6.07) is 10.7. The van der Waals surface area contributed by atoms with Crippen LogP contribution in [-0.2, 0) is 11.2 Å². The van der Waals surface area contributed by atoms with E-state index in [0.717, 1.165) is 13.0 Å². The number of amides is 1. The molecule has 1 fully saturated rings. The van der Waals surface area contributed by atoms with Gasteiger partial charge in [0.15, 0.2) is 0 Å². The lowest BCUT2D eigenvalue weighted by Crippen LogP contribution is -2.58. The molecule has 1 aliphatic rings. The van der Waals surface area contributed by atoms with E-state index in [1.807, 2.05) is 43.9 Å². The Morgan fingerprint density at radius 3 is 2.62 bits per heavy atom. The second kappa shape index (κ2) is 6.48. The van der Waals surface area contributed by atoms with Gasteiger partial charge in [-0.1, -0.05) is 30.3 Å². The lowest BCUT2D eigenvalue weighted by atomic mass is 10.0. The number of nitrogens with one attached hydrogen (secondary N) is 1. The number of nitrogens with zero attached hydrogens (tertiary/aromatic N) is 1. The molecule has 2 unspecified atom stereocenters. The summed E-state index contributed by atoms with van der Waals surface area (Å²) in [6.45, 7) is 9.30. The third-order valence-electron chi connectivity index (χ3n) is 3.56. The number of hydrogen-bond donors (Lipinski definition) is 1. The van der Waals surface area contributed by atoms with Gasteiger partial charge >= 0.3 is 6.09 Å². The van der Waals surface area contributed by atoms with E-state index in [4.69, 9.17) is 4.74 Å². The zero-order valence-corrected chi connectivity index (χ0v) is 13.4. The van der Waals surface area contributed by atoms with Crippen molar-refractivity contribution >= 4 is 6.09 Å². The maximum absolute atomic E-state index is 12.4. The van der Waals surface area contributed by atoms with E-state index < -0.39 is 5.60 Å². The van der Waals surface area contributed by atoms with Crippen molar-refractivity contribution in [1.29, 1.82) is 0 Å². The van der Waals surface area contributed by atoms with Crippen molar-refractivity contribution in [2.24, 2.45) is 0 Å². The number of carbonyl (C=O) groups is 1. The first kappa shape index (κ1) is 15.8. The predicted molar refractivity (Wildman–Crippen MR) is 84.3 cm³/mol. The van der Waals surface area contributed by atoms with Gasteiger partial charge in [-0.3, -0.25) is 0 Å². The highest BCUT2D eigenvalue weighted by Crippen LogP contribution is 2.17. The average molecular weight is 290 g/mol. The van der Waals surface area contributed by atoms with E-state index in [1.54, 1.807) is 0 Å². The molecule has 2 atom stereocenters. The Balaban J connectivity index is 2.08. The molecule has 21 heavy (non-hydrogen) atoms. The molecule has 1 amide bonds. The van der Waals surface area contributed by atoms with Crippen LogP contribution in [0.25, 0.3) is 0 Å². The third kappa shape index (κ3) is 4.74. The third-order valence-corrected chi connectivity index (χ3v) is 3.56. The van der Waals surface area contributed by atoms with Crippen LogP contribution in [0.1, 0.15) is 33.3 Å². The minimum Gasteiger partial charge on any atom is -0.444 e. The lowest BCUT2D eigenvalue weighted by Gasteiger charge is -2.40. The topological polar surface area (TPSA) is 41.6 Å². The van der Waals surface area contributed by atoms with E-state index in [-0.39, 0.29) is 12.1 Å². The first-order valence-electron chi connectivity index (χ1n) is 7.62. The molecular formula is C17H26N2O2. The molecule has 0 aromatic heterocycles. The van der Waals surface area contributed by atoms with E-state index in [0.29, 0.717) is 12.6 Å². The summed E-state index contributed by atoms with van der Waals surface area (Å²) < 4.78 is 5.55. The summed E-state index contributed by atoms with van der Waals surface area (Å²) in [6.07, 6.45) is 0.636. The largest absolute Gasteiger partial charge is 0.444 e. The first-order valence-corrected chi connectivity index (χ1v) is 7.62. The predicted octanol–water partition coefficient (Wildman–Crippen LogP) is 2.83. The maximum atomic E-state index is 12.4. The van der Waals surface area contributed by atoms with Gasteiger partial charge < -0.3 is 15.0 Å². The Labute approximate surface area is 127 Å². The molecule has 0 spiro atoms. The van der Waals surface area contributed by atoms with Gasteiger partial charge in [0.25, 0.3) is 0 Å². The van der Waals surface area contributed by atoms with Crippen LogP contribution in [0.4, 0.5) is 4.79 Å². The summed E-state index contributed by atoms with van der Waals surface area (Å²) in [4.78, 5) is 14.3. The Hall–Kier alpha value is -1.55. The van der Waals surface area contributed by atoms with Crippen LogP contribution in [-0.4, -0.2) is 41.8 Å². The molecule has 1 saturated heterocycles. The number of ether oxygens (including phenoxy) is 1. The molecule has 0 radical (unpaired) electrons. The second-order valence-corrected chi connectivity index (χ2v) is 6.79. The molecule has 116 valence electrons. The van der Waals surface area contributed by atoms with E-state index in [1.165, 1.54) is 5.56 Å². The summed E-state index contributed by atoms with van der Waals surface area (Å²) in [7, 11) is 0. The van der Waals surface area contributed by atoms with E-state index in [9.17, 15) is 4.79 Å². The zero-order valence-electron chi connectivity index (χ0n) is 13.4. The molecule has 0 aliphatic carbocycles. The van der Waals surface area contributed by atoms with Crippen LogP contribution >= 0.6 is 0 Å². The van der Waals surface area contributed by atoms with Gasteiger partial charge in [-0.2, -0.15) is 0 Å². The van der Waals surface area contributed by atoms with Crippen molar-refractivity contribution < 1.29 is 9.53 Å². The van der Waals surface area contributed by atoms with Crippen LogP contribution in [0.15, 0.2) is 30.3 Å². The Kier molecular flexibility index (Phi) is 4.88. The van der Waals surface area contributed by atoms with Gasteiger partial charge in [-0.15, -0.1) is 0 Å². The normalized spacial score (nSPS) is 23.0. The molecule has 1 aromatic rings. The zero-order chi connectivity index (χ0) is 15.5. The van der Waals surface area contributed by atoms with Gasteiger partial charge in [0.1, 0.15) is 5.60 Å². The number of piperazine rings is 1. The second-order valence-electron chi connectivity index (χ2n) is 6.79. The van der Waals surface area contributed by atoms with Crippen LogP contribution in [0, 0.1) is 0 Å². The van der Waals surface area contributed by atoms with Crippen LogP contribution in [0.3, 0.4) is 0 Å². The SMILES string of the molecule is CC1CN(C(=O)OC(C)(C)C)C(Cc2ccccc2)CN1. The van der Waals surface area contributed by atoms with Crippen molar-refractivity contribution in [3.63, 3.8) is 0 Å². The van der Waals surface area contributed by atoms with Gasteiger partial charge in [0.2, 0.25) is 0 Å². The van der Waals surface area contributed by atoms with E-state index in [2.05, 4.69) is 24.4 Å². The Morgan fingerprint density at radius 1 is 1.33 bits per heavy atom. The van der Waals surface area contributed by atoms with Crippen molar-refractivity contribution in [1.82, 2.24) is 10.2 Å². The fraction of sp³-hybridized carbons (Fsp3) is 0.588. The molecular weight excluding hydrogens is 264 g/mol. The number of hydrogen-bond acceptors (Lipinski definition) is 3. The average Bonchev–Trinajstić information content (AvgIpc) is 2.40. The van der Waals surface area contributed by atoms with Gasteiger partial charge in [-0.05, 0) is 39.7 Å².